The van der Waals surface area contributed by atoms with E-state index in [-0.39, 0.29) is 11.2 Å². The Bertz CT molecular complexity index is 1140. The molecule has 3 aromatic heterocycles. The minimum absolute atomic E-state index is 0.126. The topological polar surface area (TPSA) is 64.3 Å². The van der Waals surface area contributed by atoms with Gasteiger partial charge in [-0.05, 0) is 42.0 Å². The fourth-order valence-electron chi connectivity index (χ4n) is 3.86. The van der Waals surface area contributed by atoms with Crippen LogP contribution in [0.25, 0.3) is 10.9 Å². The third kappa shape index (κ3) is 4.61. The maximum absolute atomic E-state index is 13.5. The summed E-state index contributed by atoms with van der Waals surface area (Å²) in [4.78, 5) is 7.60. The van der Waals surface area contributed by atoms with Crippen LogP contribution in [-0.4, -0.2) is 29.3 Å². The quantitative estimate of drug-likeness (QED) is 0.492. The van der Waals surface area contributed by atoms with Gasteiger partial charge >= 0.3 is 0 Å². The number of aromatic nitrogens is 6. The summed E-state index contributed by atoms with van der Waals surface area (Å²) in [5.41, 5.74) is 3.14. The largest absolute Gasteiger partial charge is 0.361 e. The highest BCUT2D eigenvalue weighted by molar-refractivity contribution is 5.83. The van der Waals surface area contributed by atoms with E-state index in [1.807, 2.05) is 30.2 Å². The Morgan fingerprint density at radius 1 is 1.13 bits per heavy atom. The highest BCUT2D eigenvalue weighted by atomic mass is 19.1. The Hall–Kier alpha value is -2.96. The van der Waals surface area contributed by atoms with Gasteiger partial charge in [0.05, 0.1) is 12.0 Å². The fourth-order valence-corrected chi connectivity index (χ4v) is 3.86. The van der Waals surface area contributed by atoms with Gasteiger partial charge in [0, 0.05) is 49.7 Å². The molecule has 1 aromatic carbocycles. The lowest BCUT2D eigenvalue weighted by molar-refractivity contribution is 0.389. The van der Waals surface area contributed by atoms with Crippen molar-refractivity contribution in [3.63, 3.8) is 0 Å². The van der Waals surface area contributed by atoms with E-state index in [2.05, 4.69) is 51.7 Å². The second-order valence-electron chi connectivity index (χ2n) is 9.24. The molecule has 0 fully saturated rings. The monoisotopic (exact) mass is 408 g/mol. The molecule has 0 unspecified atom stereocenters. The molecule has 0 saturated carbocycles. The van der Waals surface area contributed by atoms with Crippen LogP contribution in [0.2, 0.25) is 0 Å². The second kappa shape index (κ2) is 8.05. The molecule has 158 valence electrons. The highest BCUT2D eigenvalue weighted by Gasteiger charge is 2.20. The standard InChI is InChI=1S/C23H29FN6/c1-23(2,3)12-22-28-27-21(30(22)9-5-6-18-14-29(4)15-26-18)10-16-13-25-20-11-17(24)7-8-19(16)20/h7-8,11,13-15,25H,5-6,9-10,12H2,1-4H3. The number of nitrogens with zero attached hydrogens (tertiary/aromatic N) is 5. The lowest BCUT2D eigenvalue weighted by Crippen LogP contribution is -2.16. The van der Waals surface area contributed by atoms with Crippen molar-refractivity contribution in [1.82, 2.24) is 29.3 Å². The van der Waals surface area contributed by atoms with Crippen molar-refractivity contribution in [1.29, 1.82) is 0 Å². The van der Waals surface area contributed by atoms with Crippen molar-refractivity contribution in [3.8, 4) is 0 Å². The Balaban J connectivity index is 1.57. The summed E-state index contributed by atoms with van der Waals surface area (Å²) < 4.78 is 17.8. The number of hydrogen-bond acceptors (Lipinski definition) is 3. The lowest BCUT2D eigenvalue weighted by Gasteiger charge is -2.18. The summed E-state index contributed by atoms with van der Waals surface area (Å²) in [5.74, 6) is 1.73. The molecular formula is C23H29FN6. The van der Waals surface area contributed by atoms with Gasteiger partial charge in [-0.25, -0.2) is 9.37 Å². The summed E-state index contributed by atoms with van der Waals surface area (Å²) in [6.45, 7) is 7.50. The molecular weight excluding hydrogens is 379 g/mol. The third-order valence-corrected chi connectivity index (χ3v) is 5.24. The van der Waals surface area contributed by atoms with Crippen LogP contribution < -0.4 is 0 Å². The van der Waals surface area contributed by atoms with Crippen LogP contribution in [0.5, 0.6) is 0 Å². The Kier molecular flexibility index (Phi) is 5.45. The van der Waals surface area contributed by atoms with E-state index in [1.165, 1.54) is 12.1 Å². The number of nitrogens with one attached hydrogen (secondary N) is 1. The van der Waals surface area contributed by atoms with Crippen molar-refractivity contribution in [2.24, 2.45) is 12.5 Å². The number of hydrogen-bond donors (Lipinski definition) is 1. The van der Waals surface area contributed by atoms with Crippen LogP contribution in [0.1, 0.15) is 50.1 Å². The van der Waals surface area contributed by atoms with Gasteiger partial charge in [-0.2, -0.15) is 0 Å². The number of benzene rings is 1. The zero-order valence-electron chi connectivity index (χ0n) is 18.1. The van der Waals surface area contributed by atoms with E-state index in [0.717, 1.165) is 59.6 Å². The molecule has 0 saturated heterocycles. The number of fused-ring (bicyclic) bond motifs is 1. The van der Waals surface area contributed by atoms with E-state index in [9.17, 15) is 4.39 Å². The van der Waals surface area contributed by atoms with Crippen molar-refractivity contribution < 1.29 is 4.39 Å². The molecule has 7 heteroatoms. The van der Waals surface area contributed by atoms with Crippen LogP contribution in [0.4, 0.5) is 4.39 Å². The normalized spacial score (nSPS) is 12.2. The summed E-state index contributed by atoms with van der Waals surface area (Å²) >= 11 is 0. The maximum Gasteiger partial charge on any atom is 0.137 e. The molecule has 4 rings (SSSR count). The second-order valence-corrected chi connectivity index (χ2v) is 9.24. The van der Waals surface area contributed by atoms with Gasteiger partial charge in [0.2, 0.25) is 0 Å². The average molecular weight is 409 g/mol. The zero-order chi connectivity index (χ0) is 21.3. The highest BCUT2D eigenvalue weighted by Crippen LogP contribution is 2.24. The van der Waals surface area contributed by atoms with E-state index in [1.54, 1.807) is 0 Å². The van der Waals surface area contributed by atoms with Gasteiger partial charge in [0.25, 0.3) is 0 Å². The Labute approximate surface area is 176 Å². The summed E-state index contributed by atoms with van der Waals surface area (Å²) in [7, 11) is 1.99. The molecule has 6 nitrogen and oxygen atoms in total. The van der Waals surface area contributed by atoms with Gasteiger partial charge in [-0.15, -0.1) is 10.2 Å². The summed E-state index contributed by atoms with van der Waals surface area (Å²) in [5, 5.41) is 10.1. The summed E-state index contributed by atoms with van der Waals surface area (Å²) in [6.07, 6.45) is 9.26. The first-order chi connectivity index (χ1) is 14.3. The van der Waals surface area contributed by atoms with E-state index >= 15 is 0 Å². The maximum atomic E-state index is 13.5. The molecule has 0 spiro atoms. The predicted octanol–water partition coefficient (Wildman–Crippen LogP) is 4.44. The van der Waals surface area contributed by atoms with Crippen LogP contribution in [0.15, 0.2) is 36.9 Å². The third-order valence-electron chi connectivity index (χ3n) is 5.24. The lowest BCUT2D eigenvalue weighted by atomic mass is 9.92. The smallest absolute Gasteiger partial charge is 0.137 e. The van der Waals surface area contributed by atoms with E-state index in [0.29, 0.717) is 6.42 Å². The van der Waals surface area contributed by atoms with Crippen molar-refractivity contribution in [3.05, 3.63) is 65.6 Å². The number of halogens is 1. The molecule has 0 aliphatic rings. The van der Waals surface area contributed by atoms with Crippen molar-refractivity contribution in [2.45, 2.75) is 53.0 Å². The van der Waals surface area contributed by atoms with Crippen LogP contribution in [0.3, 0.4) is 0 Å². The van der Waals surface area contributed by atoms with Gasteiger partial charge in [-0.3, -0.25) is 0 Å². The fraction of sp³-hybridized carbons (Fsp3) is 0.435. The van der Waals surface area contributed by atoms with Crippen LogP contribution in [0, 0.1) is 11.2 Å². The predicted molar refractivity (Wildman–Crippen MR) is 116 cm³/mol. The van der Waals surface area contributed by atoms with Gasteiger partial charge in [0.1, 0.15) is 17.5 Å². The Morgan fingerprint density at radius 2 is 1.93 bits per heavy atom. The molecule has 0 amide bonds. The number of H-pyrrole nitrogens is 1. The number of aryl methyl sites for hydroxylation is 2. The van der Waals surface area contributed by atoms with Gasteiger partial charge in [-0.1, -0.05) is 20.8 Å². The first kappa shape index (κ1) is 20.3. The van der Waals surface area contributed by atoms with Crippen molar-refractivity contribution >= 4 is 10.9 Å². The minimum atomic E-state index is -0.235. The molecule has 0 aliphatic carbocycles. The molecule has 1 N–H and O–H groups in total. The SMILES string of the molecule is Cn1cnc(CCCn2c(Cc3c[nH]c4cc(F)ccc34)nnc2CC(C)(C)C)c1. The molecule has 0 bridgehead atoms. The van der Waals surface area contributed by atoms with Gasteiger partial charge < -0.3 is 14.1 Å². The molecule has 4 aromatic rings. The van der Waals surface area contributed by atoms with E-state index in [4.69, 9.17) is 0 Å². The summed E-state index contributed by atoms with van der Waals surface area (Å²) in [6, 6.07) is 4.86. The number of rotatable bonds is 7. The minimum Gasteiger partial charge on any atom is -0.361 e. The average Bonchev–Trinajstić information content (AvgIpc) is 3.35. The molecule has 0 radical (unpaired) electrons. The molecule has 0 atom stereocenters. The van der Waals surface area contributed by atoms with Crippen LogP contribution >= 0.6 is 0 Å². The van der Waals surface area contributed by atoms with Gasteiger partial charge in [0.15, 0.2) is 0 Å². The first-order valence-corrected chi connectivity index (χ1v) is 10.4. The molecule has 0 aliphatic heterocycles. The molecule has 3 heterocycles. The number of imidazole rings is 1. The molecule has 30 heavy (non-hydrogen) atoms. The van der Waals surface area contributed by atoms with Crippen molar-refractivity contribution in [2.75, 3.05) is 0 Å². The van der Waals surface area contributed by atoms with E-state index < -0.39 is 0 Å². The van der Waals surface area contributed by atoms with Crippen LogP contribution in [-0.2, 0) is 32.9 Å². The first-order valence-electron chi connectivity index (χ1n) is 10.4. The number of aromatic amines is 1. The zero-order valence-corrected chi connectivity index (χ0v) is 18.1. The Morgan fingerprint density at radius 3 is 2.67 bits per heavy atom.